The van der Waals surface area contributed by atoms with E-state index in [4.69, 9.17) is 4.42 Å². The van der Waals surface area contributed by atoms with E-state index in [9.17, 15) is 0 Å². The number of benzene rings is 10. The van der Waals surface area contributed by atoms with Crippen LogP contribution in [0.25, 0.3) is 103 Å². The standard InChI is InChI=1S/C58H36N2OS/c1-2-14-39-35-40(28-27-37(39)13-1)38-29-31-42(32-30-38)59(53-24-12-21-48-47-19-5-9-25-54(47)61-57(48)53)52-34-33-44(58-56(52)49-20-6-10-26-55(49)62-58)41-15-11-16-43(36-41)60-50-22-7-3-17-45(50)46-18-4-8-23-51(46)60/h1-36H. The topological polar surface area (TPSA) is 21.3 Å². The summed E-state index contributed by atoms with van der Waals surface area (Å²) in [4.78, 5) is 2.41. The maximum atomic E-state index is 6.78. The van der Waals surface area contributed by atoms with Crippen molar-refractivity contribution >= 4 is 103 Å². The Labute approximate surface area is 361 Å². The molecule has 0 saturated carbocycles. The van der Waals surface area contributed by atoms with E-state index in [1.54, 1.807) is 0 Å². The average Bonchev–Trinajstić information content (AvgIpc) is 4.02. The Kier molecular flexibility index (Phi) is 7.78. The fourth-order valence-electron chi connectivity index (χ4n) is 9.73. The van der Waals surface area contributed by atoms with Crippen molar-refractivity contribution in [2.45, 2.75) is 0 Å². The maximum absolute atomic E-state index is 6.78. The first kappa shape index (κ1) is 34.9. The van der Waals surface area contributed by atoms with E-state index >= 15 is 0 Å². The summed E-state index contributed by atoms with van der Waals surface area (Å²) in [7, 11) is 0. The normalized spacial score (nSPS) is 11.9. The molecule has 0 bridgehead atoms. The molecule has 3 heterocycles. The first-order chi connectivity index (χ1) is 30.7. The molecule has 0 aliphatic carbocycles. The Morgan fingerprint density at radius 1 is 0.419 bits per heavy atom. The third-order valence-electron chi connectivity index (χ3n) is 12.6. The van der Waals surface area contributed by atoms with Gasteiger partial charge in [0.15, 0.2) is 5.58 Å². The number of hydrogen-bond donors (Lipinski definition) is 0. The Bertz CT molecular complexity index is 3830. The van der Waals surface area contributed by atoms with Gasteiger partial charge in [0.05, 0.1) is 22.4 Å². The molecule has 13 aromatic rings. The van der Waals surface area contributed by atoms with E-state index in [2.05, 4.69) is 222 Å². The lowest BCUT2D eigenvalue weighted by Gasteiger charge is -2.27. The fraction of sp³-hybridized carbons (Fsp3) is 0. The van der Waals surface area contributed by atoms with Crippen molar-refractivity contribution in [1.82, 2.24) is 4.57 Å². The van der Waals surface area contributed by atoms with E-state index in [0.29, 0.717) is 0 Å². The van der Waals surface area contributed by atoms with Gasteiger partial charge in [-0.2, -0.15) is 0 Å². The van der Waals surface area contributed by atoms with Crippen LogP contribution in [0.5, 0.6) is 0 Å². The van der Waals surface area contributed by atoms with Crippen LogP contribution in [-0.4, -0.2) is 4.57 Å². The van der Waals surface area contributed by atoms with Gasteiger partial charge >= 0.3 is 0 Å². The molecule has 0 amide bonds. The minimum atomic E-state index is 0.864. The lowest BCUT2D eigenvalue weighted by Crippen LogP contribution is -2.10. The lowest BCUT2D eigenvalue weighted by atomic mass is 9.98. The molecule has 0 unspecified atom stereocenters. The smallest absolute Gasteiger partial charge is 0.159 e. The van der Waals surface area contributed by atoms with Crippen LogP contribution in [0.1, 0.15) is 0 Å². The van der Waals surface area contributed by atoms with Gasteiger partial charge in [-0.05, 0) is 99.8 Å². The van der Waals surface area contributed by atoms with Gasteiger partial charge in [0.1, 0.15) is 5.58 Å². The van der Waals surface area contributed by atoms with Gasteiger partial charge in [-0.1, -0.05) is 152 Å². The minimum Gasteiger partial charge on any atom is -0.454 e. The van der Waals surface area contributed by atoms with Gasteiger partial charge in [0.25, 0.3) is 0 Å². The Balaban J connectivity index is 1.03. The average molecular weight is 809 g/mol. The molecular weight excluding hydrogens is 773 g/mol. The molecule has 4 heteroatoms. The molecular formula is C58H36N2OS. The zero-order valence-corrected chi connectivity index (χ0v) is 34.3. The maximum Gasteiger partial charge on any atom is 0.159 e. The third kappa shape index (κ3) is 5.37. The third-order valence-corrected chi connectivity index (χ3v) is 13.8. The highest BCUT2D eigenvalue weighted by molar-refractivity contribution is 7.26. The summed E-state index contributed by atoms with van der Waals surface area (Å²) >= 11 is 1.86. The van der Waals surface area contributed by atoms with Crippen molar-refractivity contribution < 1.29 is 4.42 Å². The molecule has 3 nitrogen and oxygen atoms in total. The van der Waals surface area contributed by atoms with Gasteiger partial charge < -0.3 is 13.9 Å². The number of fused-ring (bicyclic) bond motifs is 10. The number of thiophene rings is 1. The molecule has 13 rings (SSSR count). The molecule has 62 heavy (non-hydrogen) atoms. The summed E-state index contributed by atoms with van der Waals surface area (Å²) < 4.78 is 11.7. The second-order valence-electron chi connectivity index (χ2n) is 16.1. The van der Waals surface area contributed by atoms with Gasteiger partial charge in [0.2, 0.25) is 0 Å². The van der Waals surface area contributed by atoms with Crippen molar-refractivity contribution in [3.05, 3.63) is 218 Å². The van der Waals surface area contributed by atoms with Crippen LogP contribution in [0.15, 0.2) is 223 Å². The Hall–Kier alpha value is -7.92. The van der Waals surface area contributed by atoms with E-state index in [0.717, 1.165) is 44.7 Å². The van der Waals surface area contributed by atoms with E-state index in [-0.39, 0.29) is 0 Å². The molecule has 0 N–H and O–H groups in total. The first-order valence-electron chi connectivity index (χ1n) is 21.1. The molecule has 0 saturated heterocycles. The van der Waals surface area contributed by atoms with E-state index < -0.39 is 0 Å². The Morgan fingerprint density at radius 2 is 1.08 bits per heavy atom. The second-order valence-corrected chi connectivity index (χ2v) is 17.1. The summed E-state index contributed by atoms with van der Waals surface area (Å²) in [5.41, 5.74) is 13.2. The highest BCUT2D eigenvalue weighted by Crippen LogP contribution is 2.50. The molecule has 10 aromatic carbocycles. The van der Waals surface area contributed by atoms with Crippen LogP contribution in [-0.2, 0) is 0 Å². The van der Waals surface area contributed by atoms with E-state index in [1.807, 2.05) is 17.4 Å². The molecule has 0 fully saturated rings. The van der Waals surface area contributed by atoms with Gasteiger partial charge in [0, 0.05) is 53.1 Å². The van der Waals surface area contributed by atoms with Gasteiger partial charge in [-0.15, -0.1) is 11.3 Å². The van der Waals surface area contributed by atoms with Crippen LogP contribution >= 0.6 is 11.3 Å². The molecule has 0 aliphatic heterocycles. The van der Waals surface area contributed by atoms with Crippen LogP contribution in [0.4, 0.5) is 17.1 Å². The number of aromatic nitrogens is 1. The quantitative estimate of drug-likeness (QED) is 0.167. The molecule has 0 aliphatic rings. The van der Waals surface area contributed by atoms with Crippen molar-refractivity contribution in [1.29, 1.82) is 0 Å². The zero-order valence-electron chi connectivity index (χ0n) is 33.5. The fourth-order valence-corrected chi connectivity index (χ4v) is 11.0. The number of nitrogens with zero attached hydrogens (tertiary/aromatic N) is 2. The minimum absolute atomic E-state index is 0.864. The lowest BCUT2D eigenvalue weighted by molar-refractivity contribution is 0.669. The molecule has 290 valence electrons. The molecule has 3 aromatic heterocycles. The highest BCUT2D eigenvalue weighted by atomic mass is 32.1. The van der Waals surface area contributed by atoms with Crippen LogP contribution in [0.2, 0.25) is 0 Å². The summed E-state index contributed by atoms with van der Waals surface area (Å²) in [6.07, 6.45) is 0. The number of para-hydroxylation sites is 4. The summed E-state index contributed by atoms with van der Waals surface area (Å²) in [5.74, 6) is 0. The molecule has 0 spiro atoms. The predicted molar refractivity (Wildman–Crippen MR) is 264 cm³/mol. The molecule has 0 radical (unpaired) electrons. The number of furan rings is 1. The van der Waals surface area contributed by atoms with Crippen molar-refractivity contribution in [3.63, 3.8) is 0 Å². The SMILES string of the molecule is c1cc(-c2ccc(N(c3ccc(-c4ccc5ccccc5c4)cc3)c3cccc4c3oc3ccccc34)c3c2sc2ccccc23)cc(-n2c3ccccc3c3ccccc32)c1. The van der Waals surface area contributed by atoms with Crippen LogP contribution in [0, 0.1) is 0 Å². The van der Waals surface area contributed by atoms with Gasteiger partial charge in [-0.3, -0.25) is 0 Å². The monoisotopic (exact) mass is 808 g/mol. The van der Waals surface area contributed by atoms with Crippen LogP contribution < -0.4 is 4.90 Å². The van der Waals surface area contributed by atoms with Crippen molar-refractivity contribution in [3.8, 4) is 27.9 Å². The number of rotatable bonds is 6. The Morgan fingerprint density at radius 3 is 1.90 bits per heavy atom. The zero-order chi connectivity index (χ0) is 40.7. The summed E-state index contributed by atoms with van der Waals surface area (Å²) in [6.45, 7) is 0. The van der Waals surface area contributed by atoms with E-state index in [1.165, 1.54) is 75.0 Å². The number of anilines is 3. The van der Waals surface area contributed by atoms with Crippen molar-refractivity contribution in [2.24, 2.45) is 0 Å². The first-order valence-corrected chi connectivity index (χ1v) is 21.9. The molecule has 0 atom stereocenters. The highest BCUT2D eigenvalue weighted by Gasteiger charge is 2.24. The number of hydrogen-bond acceptors (Lipinski definition) is 3. The summed E-state index contributed by atoms with van der Waals surface area (Å²) in [6, 6.07) is 79.2. The van der Waals surface area contributed by atoms with Gasteiger partial charge in [-0.25, -0.2) is 0 Å². The van der Waals surface area contributed by atoms with Crippen molar-refractivity contribution in [2.75, 3.05) is 4.90 Å². The predicted octanol–water partition coefficient (Wildman–Crippen LogP) is 17.0. The largest absolute Gasteiger partial charge is 0.454 e. The second kappa shape index (κ2) is 13.8. The summed E-state index contributed by atoms with van der Waals surface area (Å²) in [5, 5.41) is 9.66. The van der Waals surface area contributed by atoms with Crippen LogP contribution in [0.3, 0.4) is 0 Å².